The van der Waals surface area contributed by atoms with Crippen LogP contribution in [0.1, 0.15) is 10.6 Å². The van der Waals surface area contributed by atoms with Crippen LogP contribution in [-0.2, 0) is 11.2 Å². The highest BCUT2D eigenvalue weighted by Gasteiger charge is 2.11. The number of thiazole rings is 1. The fourth-order valence-electron chi connectivity index (χ4n) is 2.62. The average molecular weight is 368 g/mol. The first-order valence-corrected chi connectivity index (χ1v) is 9.00. The molecule has 0 radical (unpaired) electrons. The summed E-state index contributed by atoms with van der Waals surface area (Å²) in [6.45, 7) is 1.98. The summed E-state index contributed by atoms with van der Waals surface area (Å²) in [4.78, 5) is 16.9. The first-order chi connectivity index (χ1) is 12.6. The Morgan fingerprint density at radius 2 is 1.88 bits per heavy atom. The van der Waals surface area contributed by atoms with Crippen molar-refractivity contribution >= 4 is 22.9 Å². The molecule has 2 aromatic carbocycles. The number of hydrogen-bond donors (Lipinski definition) is 1. The summed E-state index contributed by atoms with van der Waals surface area (Å²) in [6.07, 6.45) is 0.202. The van der Waals surface area contributed by atoms with Gasteiger partial charge in [-0.2, -0.15) is 0 Å². The Morgan fingerprint density at radius 1 is 1.12 bits per heavy atom. The van der Waals surface area contributed by atoms with Crippen molar-refractivity contribution in [3.63, 3.8) is 0 Å². The molecule has 0 atom stereocenters. The molecule has 3 rings (SSSR count). The molecule has 0 spiro atoms. The van der Waals surface area contributed by atoms with Crippen LogP contribution < -0.4 is 14.8 Å². The number of nitrogens with one attached hydrogen (secondary N) is 1. The molecule has 1 heterocycles. The van der Waals surface area contributed by atoms with Gasteiger partial charge in [0, 0.05) is 22.2 Å². The molecular formula is C20H20N2O3S. The van der Waals surface area contributed by atoms with Gasteiger partial charge in [0.15, 0.2) is 0 Å². The largest absolute Gasteiger partial charge is 0.497 e. The molecule has 26 heavy (non-hydrogen) atoms. The van der Waals surface area contributed by atoms with Crippen LogP contribution in [0.15, 0.2) is 47.8 Å². The van der Waals surface area contributed by atoms with Gasteiger partial charge in [-0.05, 0) is 37.3 Å². The number of aromatic nitrogens is 1. The summed E-state index contributed by atoms with van der Waals surface area (Å²) in [5.74, 6) is 1.24. The molecule has 3 aromatic rings. The van der Waals surface area contributed by atoms with Crippen molar-refractivity contribution in [3.8, 4) is 22.8 Å². The van der Waals surface area contributed by atoms with E-state index in [1.54, 1.807) is 37.7 Å². The van der Waals surface area contributed by atoms with Crippen molar-refractivity contribution < 1.29 is 14.3 Å². The minimum atomic E-state index is -0.117. The van der Waals surface area contributed by atoms with Crippen LogP contribution in [0.2, 0.25) is 0 Å². The number of aryl methyl sites for hydroxylation is 1. The van der Waals surface area contributed by atoms with E-state index in [0.29, 0.717) is 11.5 Å². The van der Waals surface area contributed by atoms with E-state index in [0.717, 1.165) is 27.5 Å². The molecule has 1 amide bonds. The van der Waals surface area contributed by atoms with E-state index >= 15 is 0 Å². The minimum Gasteiger partial charge on any atom is -0.497 e. The van der Waals surface area contributed by atoms with Crippen molar-refractivity contribution in [2.75, 3.05) is 19.5 Å². The summed E-state index contributed by atoms with van der Waals surface area (Å²) in [6, 6.07) is 13.1. The van der Waals surface area contributed by atoms with Gasteiger partial charge in [-0.25, -0.2) is 4.98 Å². The smallest absolute Gasteiger partial charge is 0.228 e. The average Bonchev–Trinajstić information content (AvgIpc) is 3.08. The van der Waals surface area contributed by atoms with Crippen molar-refractivity contribution in [3.05, 3.63) is 58.4 Å². The second-order valence-electron chi connectivity index (χ2n) is 5.73. The molecule has 0 bridgehead atoms. The fourth-order valence-corrected chi connectivity index (χ4v) is 3.24. The molecule has 6 heteroatoms. The van der Waals surface area contributed by atoms with Crippen molar-refractivity contribution in [1.29, 1.82) is 0 Å². The first kappa shape index (κ1) is 17.9. The Hall–Kier alpha value is -2.86. The summed E-state index contributed by atoms with van der Waals surface area (Å²) < 4.78 is 10.5. The number of nitrogens with zero attached hydrogens (tertiary/aromatic N) is 1. The number of ether oxygens (including phenoxy) is 2. The number of carbonyl (C=O) groups excluding carboxylic acids is 1. The van der Waals surface area contributed by atoms with E-state index in [1.165, 1.54) is 0 Å². The second kappa shape index (κ2) is 8.01. The maximum absolute atomic E-state index is 12.4. The van der Waals surface area contributed by atoms with Crippen LogP contribution in [0.3, 0.4) is 0 Å². The minimum absolute atomic E-state index is 0.117. The van der Waals surface area contributed by atoms with Crippen molar-refractivity contribution in [2.45, 2.75) is 13.3 Å². The predicted octanol–water partition coefficient (Wildman–Crippen LogP) is 4.32. The summed E-state index contributed by atoms with van der Waals surface area (Å²) in [7, 11) is 3.18. The van der Waals surface area contributed by atoms with Crippen molar-refractivity contribution in [1.82, 2.24) is 4.98 Å². The third-order valence-corrected chi connectivity index (χ3v) is 4.70. The number of carbonyl (C=O) groups is 1. The van der Waals surface area contributed by atoms with Gasteiger partial charge in [-0.3, -0.25) is 4.79 Å². The number of methoxy groups -OCH3 is 2. The molecule has 134 valence electrons. The molecule has 0 saturated heterocycles. The molecule has 0 aliphatic carbocycles. The summed E-state index contributed by atoms with van der Waals surface area (Å²) in [5.41, 5.74) is 3.50. The normalized spacial score (nSPS) is 10.4. The van der Waals surface area contributed by atoms with Crippen LogP contribution in [0.25, 0.3) is 11.3 Å². The van der Waals surface area contributed by atoms with Gasteiger partial charge in [-0.15, -0.1) is 11.3 Å². The van der Waals surface area contributed by atoms with Gasteiger partial charge in [0.25, 0.3) is 0 Å². The molecule has 0 saturated carbocycles. The maximum atomic E-state index is 12.4. The fraction of sp³-hybridized carbons (Fsp3) is 0.200. The molecule has 0 aliphatic rings. The highest BCUT2D eigenvalue weighted by atomic mass is 32.1. The molecule has 5 nitrogen and oxygen atoms in total. The topological polar surface area (TPSA) is 60.5 Å². The molecule has 1 N–H and O–H groups in total. The standard InChI is InChI=1S/C20H20N2O3S/c1-13-21-18(12-26-13)14-4-6-16(7-5-14)22-20(23)11-15-10-17(24-2)8-9-19(15)25-3/h4-10,12H,11H2,1-3H3,(H,22,23). The van der Waals surface area contributed by atoms with Gasteiger partial charge in [0.1, 0.15) is 11.5 Å². The SMILES string of the molecule is COc1ccc(OC)c(CC(=O)Nc2ccc(-c3csc(C)n3)cc2)c1. The van der Waals surface area contributed by atoms with E-state index < -0.39 is 0 Å². The Kier molecular flexibility index (Phi) is 5.53. The Morgan fingerprint density at radius 3 is 2.50 bits per heavy atom. The van der Waals surface area contributed by atoms with E-state index in [4.69, 9.17) is 9.47 Å². The number of amides is 1. The number of hydrogen-bond acceptors (Lipinski definition) is 5. The van der Waals surface area contributed by atoms with Crippen molar-refractivity contribution in [2.24, 2.45) is 0 Å². The van der Waals surface area contributed by atoms with Crippen LogP contribution in [0, 0.1) is 6.92 Å². The van der Waals surface area contributed by atoms with Crippen LogP contribution in [-0.4, -0.2) is 25.1 Å². The maximum Gasteiger partial charge on any atom is 0.228 e. The Bertz CT molecular complexity index is 904. The van der Waals surface area contributed by atoms with Gasteiger partial charge < -0.3 is 14.8 Å². The predicted molar refractivity (Wildman–Crippen MR) is 104 cm³/mol. The highest BCUT2D eigenvalue weighted by molar-refractivity contribution is 7.09. The van der Waals surface area contributed by atoms with E-state index in [-0.39, 0.29) is 12.3 Å². The molecule has 0 aliphatic heterocycles. The second-order valence-corrected chi connectivity index (χ2v) is 6.79. The Balaban J connectivity index is 1.68. The molecular weight excluding hydrogens is 348 g/mol. The van der Waals surface area contributed by atoms with Crippen LogP contribution >= 0.6 is 11.3 Å². The lowest BCUT2D eigenvalue weighted by Gasteiger charge is -2.11. The quantitative estimate of drug-likeness (QED) is 0.704. The monoisotopic (exact) mass is 368 g/mol. The molecule has 1 aromatic heterocycles. The zero-order chi connectivity index (χ0) is 18.5. The third kappa shape index (κ3) is 4.21. The van der Waals surface area contributed by atoms with E-state index in [9.17, 15) is 4.79 Å². The Labute approximate surface area is 156 Å². The van der Waals surface area contributed by atoms with Gasteiger partial charge in [-0.1, -0.05) is 12.1 Å². The van der Waals surface area contributed by atoms with Gasteiger partial charge >= 0.3 is 0 Å². The lowest BCUT2D eigenvalue weighted by molar-refractivity contribution is -0.115. The number of rotatable bonds is 6. The van der Waals surface area contributed by atoms with E-state index in [2.05, 4.69) is 10.3 Å². The highest BCUT2D eigenvalue weighted by Crippen LogP contribution is 2.26. The number of anilines is 1. The third-order valence-electron chi connectivity index (χ3n) is 3.92. The van der Waals surface area contributed by atoms with Crippen LogP contribution in [0.5, 0.6) is 11.5 Å². The lowest BCUT2D eigenvalue weighted by Crippen LogP contribution is -2.15. The summed E-state index contributed by atoms with van der Waals surface area (Å²) in [5, 5.41) is 5.97. The summed E-state index contributed by atoms with van der Waals surface area (Å²) >= 11 is 1.62. The zero-order valence-corrected chi connectivity index (χ0v) is 15.7. The van der Waals surface area contributed by atoms with Crippen LogP contribution in [0.4, 0.5) is 5.69 Å². The molecule has 0 fully saturated rings. The zero-order valence-electron chi connectivity index (χ0n) is 14.9. The number of benzene rings is 2. The first-order valence-electron chi connectivity index (χ1n) is 8.12. The van der Waals surface area contributed by atoms with E-state index in [1.807, 2.05) is 42.6 Å². The van der Waals surface area contributed by atoms with Gasteiger partial charge in [0.2, 0.25) is 5.91 Å². The van der Waals surface area contributed by atoms with Gasteiger partial charge in [0.05, 0.1) is 31.3 Å². The lowest BCUT2D eigenvalue weighted by atomic mass is 10.1. The molecule has 0 unspecified atom stereocenters.